The molecule has 0 atom stereocenters. The van der Waals surface area contributed by atoms with Crippen molar-refractivity contribution in [3.05, 3.63) is 53.5 Å². The smallest absolute Gasteiger partial charge is 0.262 e. The number of furan rings is 1. The highest BCUT2D eigenvalue weighted by molar-refractivity contribution is 6.01. The topological polar surface area (TPSA) is 84.5 Å². The Kier molecular flexibility index (Phi) is 5.42. The SMILES string of the molecule is COc1ccc(/C=C(\C#N)C(=O)NCc2ccco2)cc1OC. The number of rotatable bonds is 6. The minimum atomic E-state index is -0.473. The Morgan fingerprint density at radius 2 is 2.09 bits per heavy atom. The lowest BCUT2D eigenvalue weighted by Crippen LogP contribution is -2.23. The van der Waals surface area contributed by atoms with E-state index in [1.807, 2.05) is 6.07 Å². The van der Waals surface area contributed by atoms with Crippen LogP contribution in [-0.2, 0) is 11.3 Å². The molecule has 23 heavy (non-hydrogen) atoms. The van der Waals surface area contributed by atoms with Gasteiger partial charge in [-0.15, -0.1) is 0 Å². The molecule has 1 aromatic heterocycles. The maximum atomic E-state index is 12.1. The molecule has 0 spiro atoms. The second-order valence-corrected chi connectivity index (χ2v) is 4.55. The van der Waals surface area contributed by atoms with Crippen LogP contribution in [0.2, 0.25) is 0 Å². The monoisotopic (exact) mass is 312 g/mol. The summed E-state index contributed by atoms with van der Waals surface area (Å²) in [6, 6.07) is 10.5. The summed E-state index contributed by atoms with van der Waals surface area (Å²) in [7, 11) is 3.06. The van der Waals surface area contributed by atoms with E-state index in [1.165, 1.54) is 26.6 Å². The minimum Gasteiger partial charge on any atom is -0.493 e. The van der Waals surface area contributed by atoms with E-state index in [1.54, 1.807) is 30.3 Å². The molecule has 0 radical (unpaired) electrons. The molecule has 0 saturated carbocycles. The zero-order valence-electron chi connectivity index (χ0n) is 12.8. The third-order valence-corrected chi connectivity index (χ3v) is 3.09. The molecule has 2 rings (SSSR count). The molecule has 1 amide bonds. The van der Waals surface area contributed by atoms with Crippen LogP contribution in [0.4, 0.5) is 0 Å². The lowest BCUT2D eigenvalue weighted by Gasteiger charge is -2.08. The van der Waals surface area contributed by atoms with E-state index in [9.17, 15) is 10.1 Å². The van der Waals surface area contributed by atoms with Gasteiger partial charge in [0.25, 0.3) is 5.91 Å². The number of amides is 1. The lowest BCUT2D eigenvalue weighted by molar-refractivity contribution is -0.117. The summed E-state index contributed by atoms with van der Waals surface area (Å²) in [6.07, 6.45) is 3.01. The van der Waals surface area contributed by atoms with Gasteiger partial charge in [0.05, 0.1) is 27.0 Å². The van der Waals surface area contributed by atoms with Crippen molar-refractivity contribution in [2.24, 2.45) is 0 Å². The molecule has 6 heteroatoms. The number of nitrogens with one attached hydrogen (secondary N) is 1. The van der Waals surface area contributed by atoms with Crippen molar-refractivity contribution in [1.82, 2.24) is 5.32 Å². The molecule has 0 aliphatic rings. The van der Waals surface area contributed by atoms with Crippen LogP contribution in [0, 0.1) is 11.3 Å². The Morgan fingerprint density at radius 3 is 2.70 bits per heavy atom. The number of carbonyl (C=O) groups excluding carboxylic acids is 1. The van der Waals surface area contributed by atoms with E-state index in [0.717, 1.165) is 0 Å². The molecule has 0 saturated heterocycles. The van der Waals surface area contributed by atoms with Crippen LogP contribution in [0.1, 0.15) is 11.3 Å². The van der Waals surface area contributed by atoms with Crippen LogP contribution in [-0.4, -0.2) is 20.1 Å². The normalized spacial score (nSPS) is 10.7. The van der Waals surface area contributed by atoms with Crippen molar-refractivity contribution in [3.63, 3.8) is 0 Å². The van der Waals surface area contributed by atoms with Crippen molar-refractivity contribution in [3.8, 4) is 17.6 Å². The molecular formula is C17H16N2O4. The number of hydrogen-bond donors (Lipinski definition) is 1. The summed E-state index contributed by atoms with van der Waals surface area (Å²) < 4.78 is 15.5. The summed E-state index contributed by atoms with van der Waals surface area (Å²) in [5, 5.41) is 11.8. The number of nitrogens with zero attached hydrogens (tertiary/aromatic N) is 1. The zero-order chi connectivity index (χ0) is 16.7. The Hall–Kier alpha value is -3.20. The Morgan fingerprint density at radius 1 is 1.30 bits per heavy atom. The van der Waals surface area contributed by atoms with E-state index < -0.39 is 5.91 Å². The second-order valence-electron chi connectivity index (χ2n) is 4.55. The fourth-order valence-electron chi connectivity index (χ4n) is 1.93. The van der Waals surface area contributed by atoms with Gasteiger partial charge in [-0.25, -0.2) is 0 Å². The Labute approximate surface area is 133 Å². The molecule has 1 aromatic carbocycles. The molecule has 1 N–H and O–H groups in total. The first kappa shape index (κ1) is 16.2. The van der Waals surface area contributed by atoms with Gasteiger partial charge in [-0.2, -0.15) is 5.26 Å². The van der Waals surface area contributed by atoms with Crippen LogP contribution in [0.5, 0.6) is 11.5 Å². The number of methoxy groups -OCH3 is 2. The zero-order valence-corrected chi connectivity index (χ0v) is 12.8. The first-order chi connectivity index (χ1) is 11.2. The summed E-state index contributed by atoms with van der Waals surface area (Å²) in [5.74, 6) is 1.24. The van der Waals surface area contributed by atoms with Crippen LogP contribution in [0.3, 0.4) is 0 Å². The van der Waals surface area contributed by atoms with Crippen LogP contribution < -0.4 is 14.8 Å². The molecule has 118 valence electrons. The summed E-state index contributed by atoms with van der Waals surface area (Å²) in [4.78, 5) is 12.1. The quantitative estimate of drug-likeness (QED) is 0.654. The van der Waals surface area contributed by atoms with Crippen LogP contribution in [0.15, 0.2) is 46.6 Å². The molecule has 6 nitrogen and oxygen atoms in total. The number of carbonyl (C=O) groups is 1. The van der Waals surface area contributed by atoms with Gasteiger partial charge in [0.2, 0.25) is 0 Å². The van der Waals surface area contributed by atoms with E-state index in [4.69, 9.17) is 13.9 Å². The molecule has 1 heterocycles. The van der Waals surface area contributed by atoms with Gasteiger partial charge in [-0.1, -0.05) is 6.07 Å². The van der Waals surface area contributed by atoms with Gasteiger partial charge < -0.3 is 19.2 Å². The predicted octanol–water partition coefficient (Wildman–Crippen LogP) is 2.52. The highest BCUT2D eigenvalue weighted by Gasteiger charge is 2.10. The lowest BCUT2D eigenvalue weighted by atomic mass is 10.1. The van der Waals surface area contributed by atoms with E-state index in [0.29, 0.717) is 22.8 Å². The average molecular weight is 312 g/mol. The van der Waals surface area contributed by atoms with E-state index >= 15 is 0 Å². The van der Waals surface area contributed by atoms with Gasteiger partial charge in [-0.3, -0.25) is 4.79 Å². The molecule has 0 unspecified atom stereocenters. The van der Waals surface area contributed by atoms with Crippen molar-refractivity contribution in [2.75, 3.05) is 14.2 Å². The van der Waals surface area contributed by atoms with Gasteiger partial charge in [0.1, 0.15) is 17.4 Å². The predicted molar refractivity (Wildman–Crippen MR) is 83.7 cm³/mol. The Balaban J connectivity index is 2.14. The third-order valence-electron chi connectivity index (χ3n) is 3.09. The third kappa shape index (κ3) is 4.14. The number of hydrogen-bond acceptors (Lipinski definition) is 5. The second kappa shape index (κ2) is 7.71. The van der Waals surface area contributed by atoms with Crippen LogP contribution >= 0.6 is 0 Å². The summed E-state index contributed by atoms with van der Waals surface area (Å²) in [6.45, 7) is 0.219. The molecule has 0 bridgehead atoms. The minimum absolute atomic E-state index is 0.0104. The summed E-state index contributed by atoms with van der Waals surface area (Å²) in [5.41, 5.74) is 0.649. The maximum absolute atomic E-state index is 12.1. The van der Waals surface area contributed by atoms with E-state index in [2.05, 4.69) is 5.32 Å². The molecular weight excluding hydrogens is 296 g/mol. The molecule has 0 fully saturated rings. The number of benzene rings is 1. The highest BCUT2D eigenvalue weighted by Crippen LogP contribution is 2.28. The van der Waals surface area contributed by atoms with Crippen molar-refractivity contribution < 1.29 is 18.7 Å². The fraction of sp³-hybridized carbons (Fsp3) is 0.176. The van der Waals surface area contributed by atoms with Gasteiger partial charge in [0, 0.05) is 0 Å². The van der Waals surface area contributed by atoms with E-state index in [-0.39, 0.29) is 12.1 Å². The first-order valence-corrected chi connectivity index (χ1v) is 6.82. The van der Waals surface area contributed by atoms with Crippen molar-refractivity contribution in [2.45, 2.75) is 6.54 Å². The molecule has 2 aromatic rings. The summed E-state index contributed by atoms with van der Waals surface area (Å²) >= 11 is 0. The van der Waals surface area contributed by atoms with Gasteiger partial charge in [0.15, 0.2) is 11.5 Å². The van der Waals surface area contributed by atoms with Gasteiger partial charge in [-0.05, 0) is 35.9 Å². The highest BCUT2D eigenvalue weighted by atomic mass is 16.5. The Bertz CT molecular complexity index is 742. The maximum Gasteiger partial charge on any atom is 0.262 e. The number of nitriles is 1. The van der Waals surface area contributed by atoms with Crippen LogP contribution in [0.25, 0.3) is 6.08 Å². The standard InChI is InChI=1S/C17H16N2O4/c1-21-15-6-5-12(9-16(15)22-2)8-13(10-18)17(20)19-11-14-4-3-7-23-14/h3-9H,11H2,1-2H3,(H,19,20)/b13-8+. The first-order valence-electron chi connectivity index (χ1n) is 6.82. The van der Waals surface area contributed by atoms with Gasteiger partial charge >= 0.3 is 0 Å². The van der Waals surface area contributed by atoms with Crippen molar-refractivity contribution in [1.29, 1.82) is 5.26 Å². The average Bonchev–Trinajstić information content (AvgIpc) is 3.10. The number of ether oxygens (including phenoxy) is 2. The fourth-order valence-corrected chi connectivity index (χ4v) is 1.93. The van der Waals surface area contributed by atoms with Crippen molar-refractivity contribution >= 4 is 12.0 Å². The largest absolute Gasteiger partial charge is 0.493 e. The molecule has 0 aliphatic heterocycles. The molecule has 0 aliphatic carbocycles.